The van der Waals surface area contributed by atoms with Gasteiger partial charge < -0.3 is 4.74 Å². The first-order valence-corrected chi connectivity index (χ1v) is 11.5. The second kappa shape index (κ2) is 16.9. The van der Waals surface area contributed by atoms with Crippen molar-refractivity contribution in [3.05, 3.63) is 0 Å². The van der Waals surface area contributed by atoms with Crippen LogP contribution in [0.2, 0.25) is 0 Å². The molecule has 0 unspecified atom stereocenters. The van der Waals surface area contributed by atoms with Crippen LogP contribution in [0, 0.1) is 5.92 Å². The fourth-order valence-corrected chi connectivity index (χ4v) is 3.58. The zero-order valence-corrected chi connectivity index (χ0v) is 17.0. The molecule has 1 aliphatic rings. The maximum absolute atomic E-state index is 11.6. The van der Waals surface area contributed by atoms with Crippen molar-refractivity contribution in [2.75, 3.05) is 6.61 Å². The van der Waals surface area contributed by atoms with Gasteiger partial charge >= 0.3 is 5.97 Å². The predicted octanol–water partition coefficient (Wildman–Crippen LogP) is 7.59. The molecule has 1 saturated carbocycles. The molecule has 0 aromatic rings. The van der Waals surface area contributed by atoms with E-state index in [9.17, 15) is 4.79 Å². The molecule has 25 heavy (non-hydrogen) atoms. The van der Waals surface area contributed by atoms with Crippen LogP contribution in [0.15, 0.2) is 0 Å². The zero-order valence-electron chi connectivity index (χ0n) is 17.0. The fraction of sp³-hybridized carbons (Fsp3) is 0.957. The molecular weight excluding hydrogens is 308 g/mol. The van der Waals surface area contributed by atoms with E-state index >= 15 is 0 Å². The number of carbonyl (C=O) groups is 1. The standard InChI is InChI=1S/C23H44O2/c1-2-3-4-5-6-7-8-9-10-11-12-13-14-15-16-17-21-25-23(24)22-19-18-20-22/h22H,2-21H2,1H3. The molecule has 0 bridgehead atoms. The summed E-state index contributed by atoms with van der Waals surface area (Å²) in [7, 11) is 0. The van der Waals surface area contributed by atoms with Gasteiger partial charge in [0.25, 0.3) is 0 Å². The van der Waals surface area contributed by atoms with E-state index in [1.165, 1.54) is 103 Å². The maximum atomic E-state index is 11.6. The lowest BCUT2D eigenvalue weighted by atomic mass is 9.86. The Morgan fingerprint density at radius 2 is 1.08 bits per heavy atom. The highest BCUT2D eigenvalue weighted by atomic mass is 16.5. The van der Waals surface area contributed by atoms with Crippen LogP contribution in [0.4, 0.5) is 0 Å². The monoisotopic (exact) mass is 352 g/mol. The summed E-state index contributed by atoms with van der Waals surface area (Å²) in [5.41, 5.74) is 0. The van der Waals surface area contributed by atoms with E-state index in [4.69, 9.17) is 4.74 Å². The summed E-state index contributed by atoms with van der Waals surface area (Å²) in [6.45, 7) is 2.93. The van der Waals surface area contributed by atoms with Crippen molar-refractivity contribution in [3.63, 3.8) is 0 Å². The van der Waals surface area contributed by atoms with Crippen LogP contribution in [0.3, 0.4) is 0 Å². The first-order chi connectivity index (χ1) is 12.3. The van der Waals surface area contributed by atoms with Gasteiger partial charge in [-0.1, -0.05) is 110 Å². The van der Waals surface area contributed by atoms with Crippen LogP contribution in [0.25, 0.3) is 0 Å². The van der Waals surface area contributed by atoms with Crippen molar-refractivity contribution in [3.8, 4) is 0 Å². The highest BCUT2D eigenvalue weighted by Crippen LogP contribution is 2.27. The van der Waals surface area contributed by atoms with Crippen molar-refractivity contribution < 1.29 is 9.53 Å². The van der Waals surface area contributed by atoms with Gasteiger partial charge in [0.1, 0.15) is 0 Å². The van der Waals surface area contributed by atoms with Crippen LogP contribution < -0.4 is 0 Å². The molecule has 0 atom stereocenters. The van der Waals surface area contributed by atoms with Gasteiger partial charge in [-0.2, -0.15) is 0 Å². The molecule has 1 rings (SSSR count). The van der Waals surface area contributed by atoms with Gasteiger partial charge in [-0.05, 0) is 19.3 Å². The molecule has 0 aromatic carbocycles. The lowest BCUT2D eigenvalue weighted by Crippen LogP contribution is -2.24. The van der Waals surface area contributed by atoms with Crippen LogP contribution >= 0.6 is 0 Å². The quantitative estimate of drug-likeness (QED) is 0.187. The molecule has 0 heterocycles. The summed E-state index contributed by atoms with van der Waals surface area (Å²) in [6.07, 6.45) is 25.4. The highest BCUT2D eigenvalue weighted by molar-refractivity contribution is 5.73. The summed E-state index contributed by atoms with van der Waals surface area (Å²) in [5, 5.41) is 0. The van der Waals surface area contributed by atoms with Crippen molar-refractivity contribution in [1.82, 2.24) is 0 Å². The van der Waals surface area contributed by atoms with Crippen molar-refractivity contribution in [2.24, 2.45) is 5.92 Å². The fourth-order valence-electron chi connectivity index (χ4n) is 3.58. The summed E-state index contributed by atoms with van der Waals surface area (Å²) < 4.78 is 5.33. The molecule has 0 amide bonds. The Morgan fingerprint density at radius 1 is 0.680 bits per heavy atom. The molecule has 0 N–H and O–H groups in total. The van der Waals surface area contributed by atoms with Crippen LogP contribution in [0.5, 0.6) is 0 Å². The van der Waals surface area contributed by atoms with Gasteiger partial charge in [0.15, 0.2) is 0 Å². The number of hydrogen-bond acceptors (Lipinski definition) is 2. The predicted molar refractivity (Wildman–Crippen MR) is 108 cm³/mol. The lowest BCUT2D eigenvalue weighted by molar-refractivity contribution is -0.151. The third kappa shape index (κ3) is 13.3. The number of unbranched alkanes of at least 4 members (excludes halogenated alkanes) is 15. The topological polar surface area (TPSA) is 26.3 Å². The minimum atomic E-state index is 0.0622. The van der Waals surface area contributed by atoms with Crippen LogP contribution in [-0.2, 0) is 9.53 Å². The molecule has 0 radical (unpaired) electrons. The molecule has 148 valence electrons. The SMILES string of the molecule is CCCCCCCCCCCCCCCCCCOC(=O)C1CCC1. The molecule has 0 aromatic heterocycles. The van der Waals surface area contributed by atoms with E-state index in [2.05, 4.69) is 6.92 Å². The Labute approximate surface area is 157 Å². The van der Waals surface area contributed by atoms with E-state index in [-0.39, 0.29) is 11.9 Å². The molecule has 2 nitrogen and oxygen atoms in total. The number of ether oxygens (including phenoxy) is 1. The van der Waals surface area contributed by atoms with Crippen molar-refractivity contribution in [2.45, 2.75) is 129 Å². The van der Waals surface area contributed by atoms with E-state index in [0.717, 1.165) is 19.3 Å². The molecule has 0 saturated heterocycles. The second-order valence-electron chi connectivity index (χ2n) is 8.10. The number of esters is 1. The maximum Gasteiger partial charge on any atom is 0.308 e. The molecule has 1 aliphatic carbocycles. The van der Waals surface area contributed by atoms with Gasteiger partial charge in [0.2, 0.25) is 0 Å². The normalized spacial score (nSPS) is 14.4. The zero-order chi connectivity index (χ0) is 18.0. The van der Waals surface area contributed by atoms with E-state index < -0.39 is 0 Å². The minimum Gasteiger partial charge on any atom is -0.465 e. The van der Waals surface area contributed by atoms with Gasteiger partial charge in [-0.15, -0.1) is 0 Å². The van der Waals surface area contributed by atoms with E-state index in [1.807, 2.05) is 0 Å². The van der Waals surface area contributed by atoms with Crippen molar-refractivity contribution >= 4 is 5.97 Å². The molecule has 1 fully saturated rings. The largest absolute Gasteiger partial charge is 0.465 e. The average Bonchev–Trinajstić information content (AvgIpc) is 2.56. The first-order valence-electron chi connectivity index (χ1n) is 11.5. The van der Waals surface area contributed by atoms with Crippen LogP contribution in [0.1, 0.15) is 129 Å². The Balaban J connectivity index is 1.66. The molecule has 2 heteroatoms. The summed E-state index contributed by atoms with van der Waals surface area (Å²) in [6, 6.07) is 0. The van der Waals surface area contributed by atoms with Gasteiger partial charge in [-0.3, -0.25) is 4.79 Å². The smallest absolute Gasteiger partial charge is 0.308 e. The second-order valence-corrected chi connectivity index (χ2v) is 8.10. The van der Waals surface area contributed by atoms with Gasteiger partial charge in [0, 0.05) is 0 Å². The molecule has 0 aliphatic heterocycles. The Morgan fingerprint density at radius 3 is 1.44 bits per heavy atom. The van der Waals surface area contributed by atoms with Crippen molar-refractivity contribution in [1.29, 1.82) is 0 Å². The highest BCUT2D eigenvalue weighted by Gasteiger charge is 2.26. The Kier molecular flexibility index (Phi) is 15.2. The lowest BCUT2D eigenvalue weighted by Gasteiger charge is -2.22. The summed E-state index contributed by atoms with van der Waals surface area (Å²) in [5.74, 6) is 0.299. The summed E-state index contributed by atoms with van der Waals surface area (Å²) >= 11 is 0. The Bertz CT molecular complexity index is 296. The minimum absolute atomic E-state index is 0.0622. The molecule has 0 spiro atoms. The Hall–Kier alpha value is -0.530. The number of rotatable bonds is 18. The van der Waals surface area contributed by atoms with E-state index in [1.54, 1.807) is 0 Å². The molecular formula is C23H44O2. The average molecular weight is 353 g/mol. The summed E-state index contributed by atoms with van der Waals surface area (Å²) in [4.78, 5) is 11.6. The number of hydrogen-bond donors (Lipinski definition) is 0. The number of carbonyl (C=O) groups excluding carboxylic acids is 1. The van der Waals surface area contributed by atoms with E-state index in [0.29, 0.717) is 6.61 Å². The van der Waals surface area contributed by atoms with Gasteiger partial charge in [-0.25, -0.2) is 0 Å². The van der Waals surface area contributed by atoms with Crippen LogP contribution in [-0.4, -0.2) is 12.6 Å². The van der Waals surface area contributed by atoms with Gasteiger partial charge in [0.05, 0.1) is 12.5 Å². The third-order valence-electron chi connectivity index (χ3n) is 5.68. The first kappa shape index (κ1) is 22.5. The third-order valence-corrected chi connectivity index (χ3v) is 5.68.